The fraction of sp³-hybridized carbons (Fsp3) is 0.267. The largest absolute Gasteiger partial charge is 0.456 e. The Bertz CT molecular complexity index is 655. The Labute approximate surface area is 127 Å². The maximum atomic E-state index is 13.6. The molecule has 0 aliphatic carbocycles. The Morgan fingerprint density at radius 3 is 2.86 bits per heavy atom. The number of benzene rings is 1. The molecule has 21 heavy (non-hydrogen) atoms. The van der Waals surface area contributed by atoms with Crippen molar-refractivity contribution in [1.29, 1.82) is 0 Å². The summed E-state index contributed by atoms with van der Waals surface area (Å²) in [5.74, 6) is -1.03. The summed E-state index contributed by atoms with van der Waals surface area (Å²) >= 11 is 5.67. The highest BCUT2D eigenvalue weighted by atomic mass is 35.5. The van der Waals surface area contributed by atoms with Gasteiger partial charge in [0.25, 0.3) is 0 Å². The van der Waals surface area contributed by atoms with Crippen molar-refractivity contribution < 1.29 is 13.9 Å². The van der Waals surface area contributed by atoms with Gasteiger partial charge in [-0.25, -0.2) is 9.18 Å². The van der Waals surface area contributed by atoms with E-state index in [1.807, 2.05) is 6.92 Å². The highest BCUT2D eigenvalue weighted by molar-refractivity contribution is 6.30. The molecule has 2 aromatic rings. The van der Waals surface area contributed by atoms with Gasteiger partial charge in [-0.15, -0.1) is 0 Å². The van der Waals surface area contributed by atoms with E-state index in [2.05, 4.69) is 0 Å². The maximum absolute atomic E-state index is 13.6. The Kier molecular flexibility index (Phi) is 4.85. The number of nitrogen functional groups attached to an aromatic ring is 1. The van der Waals surface area contributed by atoms with Gasteiger partial charge in [-0.2, -0.15) is 0 Å². The van der Waals surface area contributed by atoms with Crippen LogP contribution in [0.4, 0.5) is 10.1 Å². The smallest absolute Gasteiger partial charge is 0.355 e. The maximum Gasteiger partial charge on any atom is 0.355 e. The van der Waals surface area contributed by atoms with Crippen molar-refractivity contribution in [2.75, 3.05) is 5.73 Å². The molecular formula is C15H16ClFN2O2. The Hall–Kier alpha value is -2.01. The molecule has 0 saturated carbocycles. The molecule has 0 fully saturated rings. The third-order valence-electron chi connectivity index (χ3n) is 2.97. The first-order valence-corrected chi connectivity index (χ1v) is 6.95. The fourth-order valence-electron chi connectivity index (χ4n) is 1.99. The summed E-state index contributed by atoms with van der Waals surface area (Å²) in [6.45, 7) is 2.50. The minimum atomic E-state index is -0.533. The van der Waals surface area contributed by atoms with Crippen LogP contribution in [0.1, 0.15) is 29.4 Å². The average molecular weight is 311 g/mol. The van der Waals surface area contributed by atoms with Crippen LogP contribution in [0, 0.1) is 5.82 Å². The van der Waals surface area contributed by atoms with E-state index in [1.54, 1.807) is 22.9 Å². The summed E-state index contributed by atoms with van der Waals surface area (Å²) in [4.78, 5) is 12.1. The van der Waals surface area contributed by atoms with Crippen LogP contribution in [0.2, 0.25) is 5.02 Å². The molecule has 4 nitrogen and oxygen atoms in total. The van der Waals surface area contributed by atoms with Gasteiger partial charge in [0.15, 0.2) is 0 Å². The number of halogens is 2. The standard InChI is InChI=1S/C15H16ClFN2O2/c1-2-5-19-8-12(18)7-14(19)15(20)21-9-10-3-4-11(16)6-13(10)17/h3-4,6-8H,2,5,9,18H2,1H3. The number of rotatable bonds is 5. The van der Waals surface area contributed by atoms with Crippen LogP contribution in [0.25, 0.3) is 0 Å². The predicted octanol–water partition coefficient (Wildman–Crippen LogP) is 3.63. The van der Waals surface area contributed by atoms with E-state index in [-0.39, 0.29) is 12.2 Å². The zero-order valence-corrected chi connectivity index (χ0v) is 12.4. The van der Waals surface area contributed by atoms with Gasteiger partial charge in [-0.3, -0.25) is 0 Å². The SMILES string of the molecule is CCCn1cc(N)cc1C(=O)OCc1ccc(Cl)cc1F. The number of nitrogens with zero attached hydrogens (tertiary/aromatic N) is 1. The molecule has 0 bridgehead atoms. The lowest BCUT2D eigenvalue weighted by atomic mass is 10.2. The van der Waals surface area contributed by atoms with Crippen molar-refractivity contribution in [3.63, 3.8) is 0 Å². The second-order valence-electron chi connectivity index (χ2n) is 4.66. The summed E-state index contributed by atoms with van der Waals surface area (Å²) in [7, 11) is 0. The molecule has 6 heteroatoms. The van der Waals surface area contributed by atoms with Gasteiger partial charge in [0.05, 0.1) is 5.69 Å². The summed E-state index contributed by atoms with van der Waals surface area (Å²) in [5, 5.41) is 0.298. The lowest BCUT2D eigenvalue weighted by Gasteiger charge is -2.08. The number of ether oxygens (including phenoxy) is 1. The number of nitrogens with two attached hydrogens (primary N) is 1. The number of hydrogen-bond acceptors (Lipinski definition) is 3. The van der Waals surface area contributed by atoms with E-state index in [0.717, 1.165) is 6.42 Å². The van der Waals surface area contributed by atoms with Crippen LogP contribution >= 0.6 is 11.6 Å². The van der Waals surface area contributed by atoms with E-state index in [4.69, 9.17) is 22.1 Å². The van der Waals surface area contributed by atoms with Crippen molar-refractivity contribution in [1.82, 2.24) is 4.57 Å². The first-order chi connectivity index (χ1) is 10.0. The number of anilines is 1. The third-order valence-corrected chi connectivity index (χ3v) is 3.20. The van der Waals surface area contributed by atoms with Crippen molar-refractivity contribution >= 4 is 23.3 Å². The van der Waals surface area contributed by atoms with Gasteiger partial charge in [-0.05, 0) is 24.6 Å². The van der Waals surface area contributed by atoms with E-state index in [9.17, 15) is 9.18 Å². The van der Waals surface area contributed by atoms with E-state index in [1.165, 1.54) is 12.1 Å². The van der Waals surface area contributed by atoms with Gasteiger partial charge < -0.3 is 15.0 Å². The molecule has 2 N–H and O–H groups in total. The molecule has 112 valence electrons. The highest BCUT2D eigenvalue weighted by Crippen LogP contribution is 2.17. The zero-order valence-electron chi connectivity index (χ0n) is 11.6. The molecule has 0 spiro atoms. The van der Waals surface area contributed by atoms with Crippen LogP contribution in [0.15, 0.2) is 30.5 Å². The molecule has 1 aromatic carbocycles. The lowest BCUT2D eigenvalue weighted by Crippen LogP contribution is -2.12. The molecule has 1 aromatic heterocycles. The number of aryl methyl sites for hydroxylation is 1. The van der Waals surface area contributed by atoms with E-state index in [0.29, 0.717) is 22.9 Å². The molecule has 0 saturated heterocycles. The van der Waals surface area contributed by atoms with Crippen molar-refractivity contribution in [3.8, 4) is 0 Å². The zero-order chi connectivity index (χ0) is 15.4. The van der Waals surface area contributed by atoms with E-state index < -0.39 is 11.8 Å². The number of carbonyl (C=O) groups excluding carboxylic acids is 1. The average Bonchev–Trinajstić information content (AvgIpc) is 2.79. The topological polar surface area (TPSA) is 57.2 Å². The second-order valence-corrected chi connectivity index (χ2v) is 5.10. The van der Waals surface area contributed by atoms with Gasteiger partial charge in [0.1, 0.15) is 18.1 Å². The number of carbonyl (C=O) groups is 1. The quantitative estimate of drug-likeness (QED) is 0.858. The van der Waals surface area contributed by atoms with Crippen LogP contribution in [0.5, 0.6) is 0 Å². The van der Waals surface area contributed by atoms with Crippen molar-refractivity contribution in [3.05, 3.63) is 52.6 Å². The first-order valence-electron chi connectivity index (χ1n) is 6.58. The van der Waals surface area contributed by atoms with Gasteiger partial charge >= 0.3 is 5.97 Å². The van der Waals surface area contributed by atoms with Gasteiger partial charge in [0.2, 0.25) is 0 Å². The minimum Gasteiger partial charge on any atom is -0.456 e. The molecule has 0 aliphatic heterocycles. The predicted molar refractivity (Wildman–Crippen MR) is 79.7 cm³/mol. The first kappa shape index (κ1) is 15.4. The van der Waals surface area contributed by atoms with E-state index >= 15 is 0 Å². The summed E-state index contributed by atoms with van der Waals surface area (Å²) in [5.41, 5.74) is 6.82. The van der Waals surface area contributed by atoms with Crippen LogP contribution < -0.4 is 5.73 Å². The second kappa shape index (κ2) is 6.63. The molecule has 0 radical (unpaired) electrons. The summed E-state index contributed by atoms with van der Waals surface area (Å²) < 4.78 is 20.5. The van der Waals surface area contributed by atoms with Gasteiger partial charge in [0, 0.05) is 23.3 Å². The Morgan fingerprint density at radius 1 is 1.43 bits per heavy atom. The third kappa shape index (κ3) is 3.76. The Balaban J connectivity index is 2.08. The monoisotopic (exact) mass is 310 g/mol. The molecule has 0 atom stereocenters. The number of hydrogen-bond donors (Lipinski definition) is 1. The Morgan fingerprint density at radius 2 is 2.19 bits per heavy atom. The lowest BCUT2D eigenvalue weighted by molar-refractivity contribution is 0.0456. The molecular weight excluding hydrogens is 295 g/mol. The fourth-order valence-corrected chi connectivity index (χ4v) is 2.14. The normalized spacial score (nSPS) is 10.6. The molecule has 0 amide bonds. The summed E-state index contributed by atoms with van der Waals surface area (Å²) in [6, 6.07) is 5.77. The molecule has 0 unspecified atom stereocenters. The van der Waals surface area contributed by atoms with Crippen molar-refractivity contribution in [2.45, 2.75) is 26.5 Å². The highest BCUT2D eigenvalue weighted by Gasteiger charge is 2.15. The summed E-state index contributed by atoms with van der Waals surface area (Å²) in [6.07, 6.45) is 2.54. The number of esters is 1. The van der Waals surface area contributed by atoms with Crippen LogP contribution in [0.3, 0.4) is 0 Å². The van der Waals surface area contributed by atoms with Gasteiger partial charge in [-0.1, -0.05) is 24.6 Å². The molecule has 0 aliphatic rings. The molecule has 1 heterocycles. The van der Waals surface area contributed by atoms with Crippen LogP contribution in [-0.2, 0) is 17.9 Å². The van der Waals surface area contributed by atoms with Crippen LogP contribution in [-0.4, -0.2) is 10.5 Å². The van der Waals surface area contributed by atoms with Crippen molar-refractivity contribution in [2.24, 2.45) is 0 Å². The minimum absolute atomic E-state index is 0.154. The number of aromatic nitrogens is 1. The molecule has 2 rings (SSSR count).